The summed E-state index contributed by atoms with van der Waals surface area (Å²) in [5.74, 6) is 0.724. The maximum Gasteiger partial charge on any atom is 0.243 e. The second-order valence-electron chi connectivity index (χ2n) is 7.60. The Kier molecular flexibility index (Phi) is 5.97. The van der Waals surface area contributed by atoms with Crippen molar-refractivity contribution in [2.24, 2.45) is 11.8 Å². The molecule has 7 heteroatoms. The summed E-state index contributed by atoms with van der Waals surface area (Å²) in [5, 5.41) is 3.01. The summed E-state index contributed by atoms with van der Waals surface area (Å²) in [4.78, 5) is 12.3. The molecule has 3 atom stereocenters. The highest BCUT2D eigenvalue weighted by molar-refractivity contribution is 7.89. The predicted molar refractivity (Wildman–Crippen MR) is 97.4 cm³/mol. The van der Waals surface area contributed by atoms with Crippen molar-refractivity contribution in [2.75, 3.05) is 13.6 Å². The minimum absolute atomic E-state index is 0.0167. The molecule has 144 valence electrons. The highest BCUT2D eigenvalue weighted by Crippen LogP contribution is 2.40. The van der Waals surface area contributed by atoms with Gasteiger partial charge in [0.15, 0.2) is 0 Å². The molecule has 0 aromatic heterocycles. The topological polar surface area (TPSA) is 66.5 Å². The van der Waals surface area contributed by atoms with Crippen LogP contribution in [0.5, 0.6) is 0 Å². The van der Waals surface area contributed by atoms with Crippen LogP contribution in [0.15, 0.2) is 29.2 Å². The van der Waals surface area contributed by atoms with Gasteiger partial charge in [-0.3, -0.25) is 4.79 Å². The lowest BCUT2D eigenvalue weighted by Gasteiger charge is -2.39. The quantitative estimate of drug-likeness (QED) is 0.851. The Hall–Kier alpha value is -1.47. The number of nitrogens with one attached hydrogen (secondary N) is 1. The zero-order valence-electron chi connectivity index (χ0n) is 15.2. The van der Waals surface area contributed by atoms with Gasteiger partial charge in [-0.1, -0.05) is 25.7 Å². The van der Waals surface area contributed by atoms with Gasteiger partial charge in [-0.2, -0.15) is 4.31 Å². The molecule has 0 spiro atoms. The van der Waals surface area contributed by atoms with E-state index in [1.54, 1.807) is 0 Å². The average Bonchev–Trinajstić information content (AvgIpc) is 2.61. The number of sulfonamides is 1. The van der Waals surface area contributed by atoms with E-state index in [4.69, 9.17) is 0 Å². The molecule has 2 aliphatic rings. The summed E-state index contributed by atoms with van der Waals surface area (Å²) in [5.41, 5.74) is 0. The molecular formula is C19H27FN2O3S. The number of carbonyl (C=O) groups excluding carboxylic acids is 1. The number of likely N-dealkylation sites (N-methyl/N-ethyl adjacent to an activating group) is 1. The number of hydrogen-bond acceptors (Lipinski definition) is 3. The van der Waals surface area contributed by atoms with Gasteiger partial charge < -0.3 is 5.32 Å². The van der Waals surface area contributed by atoms with Gasteiger partial charge in [0.05, 0.1) is 11.4 Å². The van der Waals surface area contributed by atoms with Crippen LogP contribution in [0.25, 0.3) is 0 Å². The van der Waals surface area contributed by atoms with Crippen molar-refractivity contribution in [3.63, 3.8) is 0 Å². The van der Waals surface area contributed by atoms with Crippen LogP contribution in [0.4, 0.5) is 4.39 Å². The van der Waals surface area contributed by atoms with Crippen LogP contribution >= 0.6 is 0 Å². The first kappa shape index (κ1) is 19.3. The van der Waals surface area contributed by atoms with Crippen LogP contribution < -0.4 is 5.32 Å². The third-order valence-corrected chi connectivity index (χ3v) is 7.61. The number of hydrogen-bond donors (Lipinski definition) is 1. The van der Waals surface area contributed by atoms with E-state index in [2.05, 4.69) is 5.32 Å². The molecule has 3 rings (SSSR count). The summed E-state index contributed by atoms with van der Waals surface area (Å²) in [6.07, 6.45) is 8.29. The highest BCUT2D eigenvalue weighted by atomic mass is 32.2. The second kappa shape index (κ2) is 8.05. The molecule has 0 heterocycles. The maximum absolute atomic E-state index is 13.0. The summed E-state index contributed by atoms with van der Waals surface area (Å²) in [7, 11) is -2.43. The third-order valence-electron chi connectivity index (χ3n) is 5.79. The van der Waals surface area contributed by atoms with Crippen molar-refractivity contribution < 1.29 is 17.6 Å². The zero-order chi connectivity index (χ0) is 18.7. The number of nitrogens with zero attached hydrogens (tertiary/aromatic N) is 1. The van der Waals surface area contributed by atoms with E-state index in [1.807, 2.05) is 0 Å². The molecule has 2 saturated carbocycles. The normalized spacial score (nSPS) is 26.3. The Morgan fingerprint density at radius 1 is 1.12 bits per heavy atom. The molecule has 0 bridgehead atoms. The van der Waals surface area contributed by atoms with Crippen molar-refractivity contribution in [2.45, 2.75) is 55.9 Å². The zero-order valence-corrected chi connectivity index (χ0v) is 16.0. The minimum atomic E-state index is -3.80. The molecule has 0 radical (unpaired) electrons. The van der Waals surface area contributed by atoms with Gasteiger partial charge in [-0.15, -0.1) is 0 Å². The Morgan fingerprint density at radius 3 is 2.46 bits per heavy atom. The monoisotopic (exact) mass is 382 g/mol. The summed E-state index contributed by atoms with van der Waals surface area (Å²) >= 11 is 0. The number of amides is 1. The fourth-order valence-corrected chi connectivity index (χ4v) is 5.48. The summed E-state index contributed by atoms with van der Waals surface area (Å²) in [6.45, 7) is -0.232. The molecular weight excluding hydrogens is 355 g/mol. The van der Waals surface area contributed by atoms with E-state index in [1.165, 1.54) is 44.9 Å². The van der Waals surface area contributed by atoms with Gasteiger partial charge in [0, 0.05) is 13.1 Å². The molecule has 0 saturated heterocycles. The molecule has 0 unspecified atom stereocenters. The standard InChI is InChI=1S/C19H27FN2O3S/c1-22(26(24,25)18-10-7-16(20)8-11-18)13-19(23)21-17-9-6-14-4-2-3-5-15(14)12-17/h7-8,10-11,14-15,17H,2-6,9,12-13H2,1H3,(H,21,23)/t14-,15+,17+/m0/s1. The number of carbonyl (C=O) groups is 1. The van der Waals surface area contributed by atoms with Crippen molar-refractivity contribution >= 4 is 15.9 Å². The number of rotatable bonds is 5. The number of halogens is 1. The molecule has 26 heavy (non-hydrogen) atoms. The molecule has 1 aromatic rings. The van der Waals surface area contributed by atoms with E-state index in [0.717, 1.165) is 41.6 Å². The SMILES string of the molecule is CN(CC(=O)N[C@@H]1CC[C@@H]2CCCC[C@@H]2C1)S(=O)(=O)c1ccc(F)cc1. The van der Waals surface area contributed by atoms with E-state index in [0.29, 0.717) is 5.92 Å². The van der Waals surface area contributed by atoms with Gasteiger partial charge in [0.2, 0.25) is 15.9 Å². The van der Waals surface area contributed by atoms with E-state index < -0.39 is 15.8 Å². The smallest absolute Gasteiger partial charge is 0.243 e. The van der Waals surface area contributed by atoms with Crippen molar-refractivity contribution in [3.8, 4) is 0 Å². The van der Waals surface area contributed by atoms with Crippen LogP contribution in [-0.2, 0) is 14.8 Å². The van der Waals surface area contributed by atoms with Gasteiger partial charge in [0.25, 0.3) is 0 Å². The fraction of sp³-hybridized carbons (Fsp3) is 0.632. The molecule has 1 amide bonds. The minimum Gasteiger partial charge on any atom is -0.352 e. The Morgan fingerprint density at radius 2 is 1.77 bits per heavy atom. The highest BCUT2D eigenvalue weighted by Gasteiger charge is 2.33. The number of fused-ring (bicyclic) bond motifs is 1. The van der Waals surface area contributed by atoms with Crippen LogP contribution in [-0.4, -0.2) is 38.3 Å². The second-order valence-corrected chi connectivity index (χ2v) is 9.64. The third kappa shape index (κ3) is 4.43. The van der Waals surface area contributed by atoms with E-state index >= 15 is 0 Å². The molecule has 0 aliphatic heterocycles. The van der Waals surface area contributed by atoms with Gasteiger partial charge in [-0.25, -0.2) is 12.8 Å². The van der Waals surface area contributed by atoms with Gasteiger partial charge in [0.1, 0.15) is 5.82 Å². The van der Waals surface area contributed by atoms with Crippen LogP contribution in [0.3, 0.4) is 0 Å². The maximum atomic E-state index is 13.0. The molecule has 5 nitrogen and oxygen atoms in total. The Bertz CT molecular complexity index is 736. The van der Waals surface area contributed by atoms with Crippen LogP contribution in [0.1, 0.15) is 44.9 Å². The average molecular weight is 383 g/mol. The predicted octanol–water partition coefficient (Wildman–Crippen LogP) is 2.92. The number of benzene rings is 1. The Balaban J connectivity index is 1.55. The van der Waals surface area contributed by atoms with Crippen molar-refractivity contribution in [3.05, 3.63) is 30.1 Å². The summed E-state index contributed by atoms with van der Waals surface area (Å²) < 4.78 is 39.0. The van der Waals surface area contributed by atoms with Gasteiger partial charge >= 0.3 is 0 Å². The first-order valence-electron chi connectivity index (χ1n) is 9.37. The van der Waals surface area contributed by atoms with E-state index in [-0.39, 0.29) is 23.4 Å². The molecule has 2 fully saturated rings. The molecule has 2 aliphatic carbocycles. The van der Waals surface area contributed by atoms with Crippen molar-refractivity contribution in [1.82, 2.24) is 9.62 Å². The molecule has 1 N–H and O–H groups in total. The Labute approximate surface area is 155 Å². The fourth-order valence-electron chi connectivity index (χ4n) is 4.35. The first-order valence-corrected chi connectivity index (χ1v) is 10.8. The summed E-state index contributed by atoms with van der Waals surface area (Å²) in [6, 6.07) is 4.77. The van der Waals surface area contributed by atoms with Crippen LogP contribution in [0, 0.1) is 17.7 Å². The largest absolute Gasteiger partial charge is 0.352 e. The molecule has 1 aromatic carbocycles. The van der Waals surface area contributed by atoms with Gasteiger partial charge in [-0.05, 0) is 55.4 Å². The van der Waals surface area contributed by atoms with Crippen LogP contribution in [0.2, 0.25) is 0 Å². The van der Waals surface area contributed by atoms with E-state index in [9.17, 15) is 17.6 Å². The first-order chi connectivity index (χ1) is 12.4. The lowest BCUT2D eigenvalue weighted by Crippen LogP contribution is -2.45. The lowest BCUT2D eigenvalue weighted by atomic mass is 9.69. The van der Waals surface area contributed by atoms with Crippen molar-refractivity contribution in [1.29, 1.82) is 0 Å². The lowest BCUT2D eigenvalue weighted by molar-refractivity contribution is -0.122.